The normalized spacial score (nSPS) is 14.1. The van der Waals surface area contributed by atoms with Gasteiger partial charge >= 0.3 is 12.2 Å². The Kier molecular flexibility index (Phi) is 7.54. The predicted octanol–water partition coefficient (Wildman–Crippen LogP) is 5.04. The summed E-state index contributed by atoms with van der Waals surface area (Å²) in [6, 6.07) is 18.2. The van der Waals surface area contributed by atoms with E-state index in [-0.39, 0.29) is 48.4 Å². The molecular weight excluding hydrogens is 559 g/mol. The van der Waals surface area contributed by atoms with Gasteiger partial charge in [-0.1, -0.05) is 24.3 Å². The molecule has 2 N–H and O–H groups in total. The lowest BCUT2D eigenvalue weighted by molar-refractivity contribution is -0.137. The maximum absolute atomic E-state index is 13.0. The number of sulfonamides is 1. The van der Waals surface area contributed by atoms with E-state index in [0.29, 0.717) is 16.5 Å². The summed E-state index contributed by atoms with van der Waals surface area (Å²) in [5.74, 6) is -0.296. The van der Waals surface area contributed by atoms with Crippen molar-refractivity contribution >= 4 is 44.2 Å². The minimum atomic E-state index is -4.52. The number of anilines is 2. The fourth-order valence-corrected chi connectivity index (χ4v) is 5.69. The van der Waals surface area contributed by atoms with Crippen LogP contribution >= 0.6 is 0 Å². The van der Waals surface area contributed by atoms with Crippen LogP contribution in [0.5, 0.6) is 0 Å². The number of fused-ring (bicyclic) bond motifs is 1. The summed E-state index contributed by atoms with van der Waals surface area (Å²) in [4.78, 5) is 32.8. The number of nitrogens with zero attached hydrogens (tertiary/aromatic N) is 3. The van der Waals surface area contributed by atoms with Crippen LogP contribution in [0.2, 0.25) is 0 Å². The van der Waals surface area contributed by atoms with Crippen molar-refractivity contribution in [1.29, 1.82) is 0 Å². The zero-order valence-corrected chi connectivity index (χ0v) is 22.2. The fraction of sp³-hybridized carbons (Fsp3) is 0.179. The van der Waals surface area contributed by atoms with Crippen LogP contribution in [-0.4, -0.2) is 61.3 Å². The molecule has 3 aromatic carbocycles. The topological polar surface area (TPSA) is 112 Å². The zero-order valence-electron chi connectivity index (χ0n) is 21.4. The third-order valence-electron chi connectivity index (χ3n) is 6.56. The van der Waals surface area contributed by atoms with Crippen molar-refractivity contribution < 1.29 is 31.2 Å². The number of carbonyl (C=O) groups excluding carboxylic acids is 2. The standard InChI is InChI=1S/C28H24F3N5O4S/c29-28(30,31)21-6-2-7-23(18-21)33-27(38)36-16-14-35(15-17-36)26(37)20-9-11-22(12-10-20)34-41(39,40)24-8-1-4-19-5-3-13-32-25(19)24/h1-13,18,34H,14-17H2,(H,33,38). The molecule has 0 spiro atoms. The second-order valence-electron chi connectivity index (χ2n) is 9.30. The molecule has 4 aromatic rings. The first kappa shape index (κ1) is 27.9. The molecule has 0 atom stereocenters. The molecule has 1 aliphatic rings. The highest BCUT2D eigenvalue weighted by Crippen LogP contribution is 2.31. The van der Waals surface area contributed by atoms with Gasteiger partial charge in [0.2, 0.25) is 0 Å². The van der Waals surface area contributed by atoms with Crippen LogP contribution in [-0.2, 0) is 16.2 Å². The van der Waals surface area contributed by atoms with Crippen molar-refractivity contribution in [3.05, 3.63) is 96.2 Å². The van der Waals surface area contributed by atoms with Crippen LogP contribution in [0.3, 0.4) is 0 Å². The number of alkyl halides is 3. The van der Waals surface area contributed by atoms with Crippen LogP contribution in [0.1, 0.15) is 15.9 Å². The van der Waals surface area contributed by atoms with E-state index in [4.69, 9.17) is 0 Å². The Morgan fingerprint density at radius 2 is 1.46 bits per heavy atom. The van der Waals surface area contributed by atoms with Crippen molar-refractivity contribution in [3.8, 4) is 0 Å². The molecule has 2 heterocycles. The molecule has 1 aliphatic heterocycles. The number of nitrogens with one attached hydrogen (secondary N) is 2. The van der Waals surface area contributed by atoms with E-state index in [0.717, 1.165) is 12.1 Å². The first-order valence-corrected chi connectivity index (χ1v) is 14.0. The summed E-state index contributed by atoms with van der Waals surface area (Å²) in [6.07, 6.45) is -3.01. The predicted molar refractivity (Wildman–Crippen MR) is 147 cm³/mol. The van der Waals surface area contributed by atoms with Crippen LogP contribution in [0.4, 0.5) is 29.3 Å². The lowest BCUT2D eigenvalue weighted by Gasteiger charge is -2.34. The third-order valence-corrected chi connectivity index (χ3v) is 7.98. The van der Waals surface area contributed by atoms with Gasteiger partial charge in [0, 0.05) is 54.7 Å². The Bertz CT molecular complexity index is 1700. The van der Waals surface area contributed by atoms with Gasteiger partial charge in [0.1, 0.15) is 4.90 Å². The van der Waals surface area contributed by atoms with Crippen molar-refractivity contribution in [1.82, 2.24) is 14.8 Å². The van der Waals surface area contributed by atoms with Crippen LogP contribution in [0.25, 0.3) is 10.9 Å². The first-order valence-electron chi connectivity index (χ1n) is 12.5. The number of carbonyl (C=O) groups is 2. The number of benzene rings is 3. The molecule has 1 aromatic heterocycles. The Morgan fingerprint density at radius 1 is 0.805 bits per heavy atom. The van der Waals surface area contributed by atoms with Crippen molar-refractivity contribution in [2.45, 2.75) is 11.1 Å². The monoisotopic (exact) mass is 583 g/mol. The SMILES string of the molecule is O=C(Nc1cccc(C(F)(F)F)c1)N1CCN(C(=O)c2ccc(NS(=O)(=O)c3cccc4cccnc34)cc2)CC1. The van der Waals surface area contributed by atoms with Gasteiger partial charge in [-0.05, 0) is 54.6 Å². The highest BCUT2D eigenvalue weighted by molar-refractivity contribution is 7.93. The molecular formula is C28H24F3N5O4S. The second-order valence-corrected chi connectivity index (χ2v) is 11.0. The number of aromatic nitrogens is 1. The molecule has 5 rings (SSSR count). The lowest BCUT2D eigenvalue weighted by Crippen LogP contribution is -2.51. The molecule has 0 unspecified atom stereocenters. The van der Waals surface area contributed by atoms with Gasteiger partial charge < -0.3 is 15.1 Å². The average Bonchev–Trinajstić information content (AvgIpc) is 2.96. The van der Waals surface area contributed by atoms with Crippen LogP contribution in [0, 0.1) is 0 Å². The minimum Gasteiger partial charge on any atom is -0.335 e. The molecule has 41 heavy (non-hydrogen) atoms. The molecule has 1 fully saturated rings. The lowest BCUT2D eigenvalue weighted by atomic mass is 10.1. The Balaban J connectivity index is 1.18. The molecule has 9 nitrogen and oxygen atoms in total. The quantitative estimate of drug-likeness (QED) is 0.342. The van der Waals surface area contributed by atoms with Gasteiger partial charge in [0.15, 0.2) is 0 Å². The van der Waals surface area contributed by atoms with Crippen LogP contribution < -0.4 is 10.0 Å². The Morgan fingerprint density at radius 3 is 2.17 bits per heavy atom. The van der Waals surface area contributed by atoms with Gasteiger partial charge in [-0.25, -0.2) is 13.2 Å². The summed E-state index contributed by atoms with van der Waals surface area (Å²) >= 11 is 0. The number of piperazine rings is 1. The summed E-state index contributed by atoms with van der Waals surface area (Å²) in [5, 5.41) is 3.15. The summed E-state index contributed by atoms with van der Waals surface area (Å²) in [5.41, 5.74) is 0.106. The summed E-state index contributed by atoms with van der Waals surface area (Å²) in [6.45, 7) is 0.815. The average molecular weight is 584 g/mol. The van der Waals surface area contributed by atoms with E-state index >= 15 is 0 Å². The Labute approximate surface area is 233 Å². The van der Waals surface area contributed by atoms with E-state index in [1.54, 1.807) is 29.2 Å². The molecule has 3 amide bonds. The second kappa shape index (κ2) is 11.1. The number of para-hydroxylation sites is 1. The summed E-state index contributed by atoms with van der Waals surface area (Å²) < 4.78 is 67.4. The molecule has 0 bridgehead atoms. The van der Waals surface area contributed by atoms with Gasteiger partial charge in [-0.3, -0.25) is 14.5 Å². The van der Waals surface area contributed by atoms with Crippen LogP contribution in [0.15, 0.2) is 90.0 Å². The molecule has 212 valence electrons. The minimum absolute atomic E-state index is 0.0239. The maximum Gasteiger partial charge on any atom is 0.416 e. The van der Waals surface area contributed by atoms with Crippen molar-refractivity contribution in [2.75, 3.05) is 36.2 Å². The van der Waals surface area contributed by atoms with E-state index in [9.17, 15) is 31.2 Å². The number of hydrogen-bond donors (Lipinski definition) is 2. The first-order chi connectivity index (χ1) is 19.5. The number of hydrogen-bond acceptors (Lipinski definition) is 5. The number of rotatable bonds is 5. The highest BCUT2D eigenvalue weighted by atomic mass is 32.2. The molecule has 13 heteroatoms. The number of pyridine rings is 1. The van der Waals surface area contributed by atoms with E-state index in [2.05, 4.69) is 15.0 Å². The largest absolute Gasteiger partial charge is 0.416 e. The van der Waals surface area contributed by atoms with Crippen molar-refractivity contribution in [3.63, 3.8) is 0 Å². The smallest absolute Gasteiger partial charge is 0.335 e. The Hall–Kier alpha value is -4.65. The van der Waals surface area contributed by atoms with Gasteiger partial charge in [0.25, 0.3) is 15.9 Å². The van der Waals surface area contributed by atoms with E-state index in [1.807, 2.05) is 0 Å². The number of amides is 3. The van der Waals surface area contributed by atoms with Crippen molar-refractivity contribution in [2.24, 2.45) is 0 Å². The molecule has 1 saturated heterocycles. The highest BCUT2D eigenvalue weighted by Gasteiger charge is 2.31. The molecule has 0 aliphatic carbocycles. The zero-order chi connectivity index (χ0) is 29.2. The van der Waals surface area contributed by atoms with E-state index < -0.39 is 27.8 Å². The van der Waals surface area contributed by atoms with E-state index in [1.165, 1.54) is 53.6 Å². The number of halogens is 3. The molecule has 0 saturated carbocycles. The van der Waals surface area contributed by atoms with Gasteiger partial charge in [-0.2, -0.15) is 13.2 Å². The van der Waals surface area contributed by atoms with Gasteiger partial charge in [0.05, 0.1) is 11.1 Å². The summed E-state index contributed by atoms with van der Waals surface area (Å²) in [7, 11) is -3.95. The van der Waals surface area contributed by atoms with Gasteiger partial charge in [-0.15, -0.1) is 0 Å². The maximum atomic E-state index is 13.0. The molecule has 0 radical (unpaired) electrons. The number of urea groups is 1. The fourth-order valence-electron chi connectivity index (χ4n) is 4.46. The third kappa shape index (κ3) is 6.24.